The number of carboxylic acids is 1. The minimum Gasteiger partial charge on any atom is -0.478 e. The number of nitrogens with one attached hydrogen (secondary N) is 2. The van der Waals surface area contributed by atoms with Gasteiger partial charge in [0.15, 0.2) is 0 Å². The standard InChI is InChI=1S/C14H18F2N2O3/c1-7(14(2,3)4)17-13(21)18-11-5-8(12(19)20)9(15)6-10(11)16/h5-7H,1-4H3,(H,19,20)(H2,17,18,21). The van der Waals surface area contributed by atoms with E-state index in [-0.39, 0.29) is 11.5 Å². The first-order valence-corrected chi connectivity index (χ1v) is 6.32. The van der Waals surface area contributed by atoms with Crippen molar-refractivity contribution in [1.82, 2.24) is 5.32 Å². The number of benzene rings is 1. The number of halogens is 2. The molecule has 0 saturated heterocycles. The fourth-order valence-electron chi connectivity index (χ4n) is 1.38. The van der Waals surface area contributed by atoms with Crippen molar-refractivity contribution in [2.24, 2.45) is 5.41 Å². The molecule has 1 aromatic carbocycles. The van der Waals surface area contributed by atoms with Gasteiger partial charge in [0.1, 0.15) is 11.6 Å². The van der Waals surface area contributed by atoms with Crippen LogP contribution < -0.4 is 10.6 Å². The lowest BCUT2D eigenvalue weighted by Crippen LogP contribution is -2.43. The highest BCUT2D eigenvalue weighted by atomic mass is 19.1. The van der Waals surface area contributed by atoms with Crippen LogP contribution in [-0.2, 0) is 0 Å². The SMILES string of the molecule is CC(NC(=O)Nc1cc(C(=O)O)c(F)cc1F)C(C)(C)C. The Morgan fingerprint density at radius 2 is 1.76 bits per heavy atom. The predicted molar refractivity (Wildman–Crippen MR) is 74.4 cm³/mol. The lowest BCUT2D eigenvalue weighted by atomic mass is 9.88. The number of hydrogen-bond acceptors (Lipinski definition) is 2. The second kappa shape index (κ2) is 6.07. The number of carboxylic acid groups (broad SMARTS) is 1. The summed E-state index contributed by atoms with van der Waals surface area (Å²) in [6.07, 6.45) is 0. The maximum absolute atomic E-state index is 13.6. The van der Waals surface area contributed by atoms with Crippen molar-refractivity contribution in [3.8, 4) is 0 Å². The molecule has 0 fully saturated rings. The van der Waals surface area contributed by atoms with E-state index in [9.17, 15) is 18.4 Å². The van der Waals surface area contributed by atoms with Gasteiger partial charge in [0.05, 0.1) is 11.3 Å². The highest BCUT2D eigenvalue weighted by Gasteiger charge is 2.22. The van der Waals surface area contributed by atoms with Crippen LogP contribution in [0.25, 0.3) is 0 Å². The summed E-state index contributed by atoms with van der Waals surface area (Å²) in [5, 5.41) is 13.6. The molecule has 1 aromatic rings. The lowest BCUT2D eigenvalue weighted by Gasteiger charge is -2.28. The first-order chi connectivity index (χ1) is 9.52. The van der Waals surface area contributed by atoms with Gasteiger partial charge in [-0.15, -0.1) is 0 Å². The first-order valence-electron chi connectivity index (χ1n) is 6.32. The van der Waals surface area contributed by atoms with Crippen LogP contribution in [0.3, 0.4) is 0 Å². The Kier molecular flexibility index (Phi) is 4.88. The molecule has 21 heavy (non-hydrogen) atoms. The molecule has 0 bridgehead atoms. The summed E-state index contributed by atoms with van der Waals surface area (Å²) < 4.78 is 26.8. The van der Waals surface area contributed by atoms with Crippen LogP contribution in [0.5, 0.6) is 0 Å². The topological polar surface area (TPSA) is 78.4 Å². The van der Waals surface area contributed by atoms with E-state index >= 15 is 0 Å². The van der Waals surface area contributed by atoms with Crippen molar-refractivity contribution in [3.05, 3.63) is 29.3 Å². The largest absolute Gasteiger partial charge is 0.478 e. The maximum Gasteiger partial charge on any atom is 0.338 e. The van der Waals surface area contributed by atoms with E-state index in [4.69, 9.17) is 5.11 Å². The quantitative estimate of drug-likeness (QED) is 0.802. The predicted octanol–water partition coefficient (Wildman–Crippen LogP) is 3.22. The maximum atomic E-state index is 13.6. The Bertz CT molecular complexity index is 568. The molecule has 5 nitrogen and oxygen atoms in total. The van der Waals surface area contributed by atoms with Crippen LogP contribution >= 0.6 is 0 Å². The van der Waals surface area contributed by atoms with E-state index in [1.165, 1.54) is 0 Å². The van der Waals surface area contributed by atoms with Crippen molar-refractivity contribution in [3.63, 3.8) is 0 Å². The molecule has 0 aliphatic rings. The van der Waals surface area contributed by atoms with Crippen LogP contribution in [0.2, 0.25) is 0 Å². The first kappa shape index (κ1) is 16.9. The Morgan fingerprint density at radius 1 is 1.19 bits per heavy atom. The van der Waals surface area contributed by atoms with Gasteiger partial charge < -0.3 is 15.7 Å². The van der Waals surface area contributed by atoms with Gasteiger partial charge in [-0.2, -0.15) is 0 Å². The average molecular weight is 300 g/mol. The van der Waals surface area contributed by atoms with Crippen LogP contribution in [0.15, 0.2) is 12.1 Å². The summed E-state index contributed by atoms with van der Waals surface area (Å²) in [5.41, 5.74) is -1.31. The number of rotatable bonds is 3. The molecule has 2 amide bonds. The van der Waals surface area contributed by atoms with E-state index in [0.29, 0.717) is 6.07 Å². The average Bonchev–Trinajstić information content (AvgIpc) is 2.30. The Hall–Kier alpha value is -2.18. The number of amides is 2. The van der Waals surface area contributed by atoms with E-state index in [2.05, 4.69) is 10.6 Å². The Labute approximate surface area is 121 Å². The van der Waals surface area contributed by atoms with Gasteiger partial charge in [-0.3, -0.25) is 0 Å². The van der Waals surface area contributed by atoms with Gasteiger partial charge in [-0.05, 0) is 18.4 Å². The molecular formula is C14H18F2N2O3. The highest BCUT2D eigenvalue weighted by molar-refractivity contribution is 5.93. The van der Waals surface area contributed by atoms with Gasteiger partial charge in [-0.25, -0.2) is 18.4 Å². The third kappa shape index (κ3) is 4.40. The molecule has 116 valence electrons. The van der Waals surface area contributed by atoms with E-state index < -0.39 is 34.9 Å². The molecule has 0 heterocycles. The summed E-state index contributed by atoms with van der Waals surface area (Å²) in [6, 6.07) is 0.264. The summed E-state index contributed by atoms with van der Waals surface area (Å²) in [5.74, 6) is -3.79. The fourth-order valence-corrected chi connectivity index (χ4v) is 1.38. The van der Waals surface area contributed by atoms with Gasteiger partial charge in [0, 0.05) is 12.1 Å². The third-order valence-corrected chi connectivity index (χ3v) is 3.18. The van der Waals surface area contributed by atoms with Gasteiger partial charge in [0.2, 0.25) is 0 Å². The number of aromatic carboxylic acids is 1. The highest BCUT2D eigenvalue weighted by Crippen LogP contribution is 2.21. The number of carbonyl (C=O) groups excluding carboxylic acids is 1. The van der Waals surface area contributed by atoms with Crippen LogP contribution in [-0.4, -0.2) is 23.1 Å². The third-order valence-electron chi connectivity index (χ3n) is 3.18. The van der Waals surface area contributed by atoms with E-state index in [1.807, 2.05) is 20.8 Å². The molecule has 3 N–H and O–H groups in total. The van der Waals surface area contributed by atoms with Crippen molar-refractivity contribution in [1.29, 1.82) is 0 Å². The molecule has 0 aromatic heterocycles. The van der Waals surface area contributed by atoms with Crippen LogP contribution in [0.1, 0.15) is 38.1 Å². The Balaban J connectivity index is 2.91. The minimum atomic E-state index is -1.54. The molecule has 1 unspecified atom stereocenters. The zero-order valence-corrected chi connectivity index (χ0v) is 12.3. The van der Waals surface area contributed by atoms with E-state index in [0.717, 1.165) is 6.07 Å². The molecule has 7 heteroatoms. The second-order valence-corrected chi connectivity index (χ2v) is 5.80. The van der Waals surface area contributed by atoms with E-state index in [1.54, 1.807) is 6.92 Å². The lowest BCUT2D eigenvalue weighted by molar-refractivity contribution is 0.0692. The van der Waals surface area contributed by atoms with Crippen molar-refractivity contribution in [2.75, 3.05) is 5.32 Å². The summed E-state index contributed by atoms with van der Waals surface area (Å²) in [7, 11) is 0. The number of carbonyl (C=O) groups is 2. The molecule has 0 saturated carbocycles. The summed E-state index contributed by atoms with van der Waals surface area (Å²) in [4.78, 5) is 22.5. The summed E-state index contributed by atoms with van der Waals surface area (Å²) in [6.45, 7) is 7.53. The van der Waals surface area contributed by atoms with Gasteiger partial charge in [-0.1, -0.05) is 20.8 Å². The smallest absolute Gasteiger partial charge is 0.338 e. The van der Waals surface area contributed by atoms with Gasteiger partial charge >= 0.3 is 12.0 Å². The molecule has 0 spiro atoms. The van der Waals surface area contributed by atoms with Crippen LogP contribution in [0.4, 0.5) is 19.3 Å². The number of hydrogen-bond donors (Lipinski definition) is 3. The Morgan fingerprint density at radius 3 is 2.24 bits per heavy atom. The second-order valence-electron chi connectivity index (χ2n) is 5.80. The molecule has 0 aliphatic heterocycles. The van der Waals surface area contributed by atoms with Crippen molar-refractivity contribution in [2.45, 2.75) is 33.7 Å². The molecule has 1 atom stereocenters. The monoisotopic (exact) mass is 300 g/mol. The number of urea groups is 1. The summed E-state index contributed by atoms with van der Waals surface area (Å²) >= 11 is 0. The zero-order chi connectivity index (χ0) is 16.4. The molecular weight excluding hydrogens is 282 g/mol. The fraction of sp³-hybridized carbons (Fsp3) is 0.429. The number of anilines is 1. The molecule has 1 rings (SSSR count). The van der Waals surface area contributed by atoms with Crippen LogP contribution in [0, 0.1) is 17.0 Å². The van der Waals surface area contributed by atoms with Crippen molar-refractivity contribution >= 4 is 17.7 Å². The normalized spacial score (nSPS) is 12.7. The van der Waals surface area contributed by atoms with Crippen molar-refractivity contribution < 1.29 is 23.5 Å². The minimum absolute atomic E-state index is 0.203. The molecule has 0 radical (unpaired) electrons. The zero-order valence-electron chi connectivity index (χ0n) is 12.3. The van der Waals surface area contributed by atoms with Gasteiger partial charge in [0.25, 0.3) is 0 Å². The molecule has 0 aliphatic carbocycles.